The van der Waals surface area contributed by atoms with E-state index in [1.165, 1.54) is 5.56 Å². The van der Waals surface area contributed by atoms with Crippen molar-refractivity contribution in [1.29, 1.82) is 0 Å². The van der Waals surface area contributed by atoms with Crippen LogP contribution in [0.5, 0.6) is 0 Å². The van der Waals surface area contributed by atoms with Gasteiger partial charge in [0.1, 0.15) is 5.82 Å². The Morgan fingerprint density at radius 3 is 2.67 bits per heavy atom. The van der Waals surface area contributed by atoms with Crippen molar-refractivity contribution in [3.63, 3.8) is 0 Å². The number of benzene rings is 2. The number of imidazole rings is 1. The van der Waals surface area contributed by atoms with Crippen LogP contribution in [0, 0.1) is 0 Å². The largest absolute Gasteiger partial charge is 0.294 e. The lowest BCUT2D eigenvalue weighted by molar-refractivity contribution is 0.889. The van der Waals surface area contributed by atoms with Crippen LogP contribution in [0.1, 0.15) is 24.7 Å². The van der Waals surface area contributed by atoms with E-state index in [0.29, 0.717) is 10.9 Å². The van der Waals surface area contributed by atoms with Gasteiger partial charge in [-0.1, -0.05) is 49.2 Å². The molecule has 0 radical (unpaired) electrons. The second kappa shape index (κ2) is 6.08. The zero-order chi connectivity index (χ0) is 14.8. The van der Waals surface area contributed by atoms with Crippen molar-refractivity contribution in [1.82, 2.24) is 9.55 Å². The molecule has 21 heavy (non-hydrogen) atoms. The molecular formula is C17H16Cl2N2. The normalized spacial score (nSPS) is 11.2. The van der Waals surface area contributed by atoms with E-state index in [-0.39, 0.29) is 0 Å². The molecule has 3 aromatic rings. The first-order chi connectivity index (χ1) is 10.3. The zero-order valence-electron chi connectivity index (χ0n) is 11.8. The zero-order valence-corrected chi connectivity index (χ0v) is 13.3. The molecule has 0 spiro atoms. The number of aryl methyl sites for hydroxylation is 1. The van der Waals surface area contributed by atoms with E-state index >= 15 is 0 Å². The molecule has 0 atom stereocenters. The molecule has 0 aliphatic rings. The number of alkyl halides is 1. The van der Waals surface area contributed by atoms with E-state index < -0.39 is 0 Å². The number of aromatic nitrogens is 2. The third-order valence-electron chi connectivity index (χ3n) is 3.57. The van der Waals surface area contributed by atoms with Gasteiger partial charge in [0.15, 0.2) is 0 Å². The molecule has 0 fully saturated rings. The topological polar surface area (TPSA) is 17.8 Å². The average Bonchev–Trinajstić information content (AvgIpc) is 2.88. The van der Waals surface area contributed by atoms with Crippen LogP contribution in [-0.4, -0.2) is 9.55 Å². The number of halogens is 2. The summed E-state index contributed by atoms with van der Waals surface area (Å²) in [6, 6.07) is 14.1. The van der Waals surface area contributed by atoms with Crippen LogP contribution in [-0.2, 0) is 12.3 Å². The van der Waals surface area contributed by atoms with E-state index in [4.69, 9.17) is 23.2 Å². The van der Waals surface area contributed by atoms with Crippen molar-refractivity contribution < 1.29 is 0 Å². The molecular weight excluding hydrogens is 303 g/mol. The number of para-hydroxylation sites is 2. The lowest BCUT2D eigenvalue weighted by atomic mass is 10.1. The number of rotatable bonds is 4. The van der Waals surface area contributed by atoms with Crippen molar-refractivity contribution >= 4 is 34.2 Å². The molecule has 1 heterocycles. The molecule has 2 aromatic carbocycles. The molecule has 2 nitrogen and oxygen atoms in total. The lowest BCUT2D eigenvalue weighted by Gasteiger charge is -2.13. The molecule has 0 aliphatic heterocycles. The highest BCUT2D eigenvalue weighted by molar-refractivity contribution is 6.35. The number of hydrogen-bond acceptors (Lipinski definition) is 1. The molecule has 0 unspecified atom stereocenters. The predicted molar refractivity (Wildman–Crippen MR) is 89.6 cm³/mol. The molecule has 0 bridgehead atoms. The Hall–Kier alpha value is -1.51. The Kier molecular flexibility index (Phi) is 4.18. The first kappa shape index (κ1) is 14.4. The summed E-state index contributed by atoms with van der Waals surface area (Å²) in [7, 11) is 0. The van der Waals surface area contributed by atoms with Gasteiger partial charge in [-0.25, -0.2) is 4.98 Å². The number of hydrogen-bond donors (Lipinski definition) is 0. The fourth-order valence-electron chi connectivity index (χ4n) is 2.69. The highest BCUT2D eigenvalue weighted by atomic mass is 35.5. The van der Waals surface area contributed by atoms with Gasteiger partial charge in [0, 0.05) is 0 Å². The SMILES string of the molecule is CCCc1ccccc1-n1c(CCl)nc2cccc(Cl)c21. The molecule has 0 N–H and O–H groups in total. The minimum atomic E-state index is 0.353. The van der Waals surface area contributed by atoms with Crippen LogP contribution in [0.4, 0.5) is 0 Å². The van der Waals surface area contributed by atoms with Crippen molar-refractivity contribution in [2.75, 3.05) is 0 Å². The van der Waals surface area contributed by atoms with Crippen LogP contribution >= 0.6 is 23.2 Å². The Bertz CT molecular complexity index is 778. The molecule has 3 rings (SSSR count). The van der Waals surface area contributed by atoms with Crippen LogP contribution < -0.4 is 0 Å². The second-order valence-corrected chi connectivity index (χ2v) is 5.66. The number of nitrogens with zero attached hydrogens (tertiary/aromatic N) is 2. The van der Waals surface area contributed by atoms with Crippen molar-refractivity contribution in [2.24, 2.45) is 0 Å². The molecule has 0 saturated carbocycles. The van der Waals surface area contributed by atoms with Gasteiger partial charge in [0.05, 0.1) is 27.6 Å². The average molecular weight is 319 g/mol. The van der Waals surface area contributed by atoms with Gasteiger partial charge in [-0.2, -0.15) is 0 Å². The highest BCUT2D eigenvalue weighted by Crippen LogP contribution is 2.30. The van der Waals surface area contributed by atoms with E-state index in [9.17, 15) is 0 Å². The molecule has 1 aromatic heterocycles. The first-order valence-electron chi connectivity index (χ1n) is 7.06. The summed E-state index contributed by atoms with van der Waals surface area (Å²) < 4.78 is 2.09. The maximum atomic E-state index is 6.41. The van der Waals surface area contributed by atoms with Gasteiger partial charge < -0.3 is 0 Å². The van der Waals surface area contributed by atoms with Crippen molar-refractivity contribution in [3.8, 4) is 5.69 Å². The Morgan fingerprint density at radius 2 is 1.90 bits per heavy atom. The fourth-order valence-corrected chi connectivity index (χ4v) is 3.13. The summed E-state index contributed by atoms with van der Waals surface area (Å²) in [6.07, 6.45) is 2.11. The van der Waals surface area contributed by atoms with Gasteiger partial charge in [0.25, 0.3) is 0 Å². The summed E-state index contributed by atoms with van der Waals surface area (Å²) in [5, 5.41) is 0.697. The van der Waals surface area contributed by atoms with Crippen LogP contribution in [0.15, 0.2) is 42.5 Å². The lowest BCUT2D eigenvalue weighted by Crippen LogP contribution is -2.03. The Morgan fingerprint density at radius 1 is 1.10 bits per heavy atom. The van der Waals surface area contributed by atoms with E-state index in [1.807, 2.05) is 24.3 Å². The monoisotopic (exact) mass is 318 g/mol. The maximum absolute atomic E-state index is 6.41. The van der Waals surface area contributed by atoms with Crippen LogP contribution in [0.25, 0.3) is 16.7 Å². The predicted octanol–water partition coefficient (Wildman–Crippen LogP) is 5.37. The molecule has 4 heteroatoms. The van der Waals surface area contributed by atoms with Gasteiger partial charge in [-0.15, -0.1) is 11.6 Å². The number of fused-ring (bicyclic) bond motifs is 1. The Balaban J connectivity index is 2.34. The van der Waals surface area contributed by atoms with E-state index in [1.54, 1.807) is 0 Å². The highest BCUT2D eigenvalue weighted by Gasteiger charge is 2.16. The summed E-state index contributed by atoms with van der Waals surface area (Å²) in [4.78, 5) is 4.62. The van der Waals surface area contributed by atoms with Crippen LogP contribution in [0.3, 0.4) is 0 Å². The van der Waals surface area contributed by atoms with Gasteiger partial charge >= 0.3 is 0 Å². The first-order valence-corrected chi connectivity index (χ1v) is 7.97. The smallest absolute Gasteiger partial charge is 0.129 e. The molecule has 108 valence electrons. The molecule has 0 aliphatic carbocycles. The molecule has 0 amide bonds. The maximum Gasteiger partial charge on any atom is 0.129 e. The third-order valence-corrected chi connectivity index (χ3v) is 4.11. The quantitative estimate of drug-likeness (QED) is 0.591. The standard InChI is InChI=1S/C17H16Cl2N2/c1-2-6-12-7-3-4-10-15(12)21-16(11-18)20-14-9-5-8-13(19)17(14)21/h3-5,7-10H,2,6,11H2,1H3. The summed E-state index contributed by atoms with van der Waals surface area (Å²) in [5.41, 5.74) is 4.21. The minimum Gasteiger partial charge on any atom is -0.294 e. The van der Waals surface area contributed by atoms with Gasteiger partial charge in [-0.05, 0) is 30.2 Å². The molecule has 0 saturated heterocycles. The van der Waals surface area contributed by atoms with Crippen molar-refractivity contribution in [2.45, 2.75) is 25.6 Å². The van der Waals surface area contributed by atoms with E-state index in [2.05, 4.69) is 34.7 Å². The second-order valence-electron chi connectivity index (χ2n) is 4.98. The fraction of sp³-hybridized carbons (Fsp3) is 0.235. The summed E-state index contributed by atoms with van der Waals surface area (Å²) in [6.45, 7) is 2.18. The van der Waals surface area contributed by atoms with Gasteiger partial charge in [-0.3, -0.25) is 4.57 Å². The third kappa shape index (κ3) is 2.54. The summed E-state index contributed by atoms with van der Waals surface area (Å²) in [5.74, 6) is 1.18. The Labute approximate surface area is 134 Å². The van der Waals surface area contributed by atoms with E-state index in [0.717, 1.165) is 35.4 Å². The summed E-state index contributed by atoms with van der Waals surface area (Å²) >= 11 is 12.5. The minimum absolute atomic E-state index is 0.353. The van der Waals surface area contributed by atoms with Crippen LogP contribution in [0.2, 0.25) is 5.02 Å². The van der Waals surface area contributed by atoms with Crippen molar-refractivity contribution in [3.05, 3.63) is 58.9 Å². The van der Waals surface area contributed by atoms with Gasteiger partial charge in [0.2, 0.25) is 0 Å².